The Morgan fingerprint density at radius 3 is 2.08 bits per heavy atom. The normalized spacial score (nSPS) is 12.3. The summed E-state index contributed by atoms with van der Waals surface area (Å²) in [5.74, 6) is 2.44. The molecule has 0 saturated heterocycles. The third-order valence-corrected chi connectivity index (χ3v) is 9.33. The van der Waals surface area contributed by atoms with Gasteiger partial charge in [0.05, 0.1) is 22.4 Å². The van der Waals surface area contributed by atoms with Gasteiger partial charge in [0.25, 0.3) is 0 Å². The van der Waals surface area contributed by atoms with Gasteiger partial charge in [-0.3, -0.25) is 4.57 Å². The predicted octanol–water partition coefficient (Wildman–Crippen LogP) is 11.3. The molecule has 0 radical (unpaired) electrons. The van der Waals surface area contributed by atoms with E-state index in [0.717, 1.165) is 51.0 Å². The number of rotatable bonds is 5. The summed E-state index contributed by atoms with van der Waals surface area (Å²) in [5.41, 5.74) is 11.2. The first-order valence-corrected chi connectivity index (χ1v) is 16.7. The van der Waals surface area contributed by atoms with Crippen molar-refractivity contribution in [3.05, 3.63) is 131 Å². The molecule has 3 heterocycles. The fourth-order valence-electron chi connectivity index (χ4n) is 6.67. The molecule has 0 aliphatic rings. The van der Waals surface area contributed by atoms with Crippen molar-refractivity contribution in [2.45, 2.75) is 73.1 Å². The number of pyridine rings is 1. The summed E-state index contributed by atoms with van der Waals surface area (Å²) in [4.78, 5) is 4.80. The quantitative estimate of drug-likeness (QED) is 0.190. The Morgan fingerprint density at radius 1 is 0.625 bits per heavy atom. The van der Waals surface area contributed by atoms with E-state index in [1.165, 1.54) is 33.0 Å². The number of aromatic nitrogens is 4. The highest BCUT2D eigenvalue weighted by Crippen LogP contribution is 2.39. The number of nitrogens with zero attached hydrogens (tertiary/aromatic N) is 4. The third kappa shape index (κ3) is 5.68. The Kier molecular flexibility index (Phi) is 7.54. The van der Waals surface area contributed by atoms with Crippen LogP contribution in [0.4, 0.5) is 0 Å². The lowest BCUT2D eigenvalue weighted by atomic mass is 9.86. The Hall–Kier alpha value is -5.16. The van der Waals surface area contributed by atoms with Gasteiger partial charge in [0.1, 0.15) is 17.3 Å². The van der Waals surface area contributed by atoms with Crippen LogP contribution in [0.25, 0.3) is 44.4 Å². The van der Waals surface area contributed by atoms with E-state index < -0.39 is 0 Å². The largest absolute Gasteiger partial charge is 0.457 e. The van der Waals surface area contributed by atoms with Crippen LogP contribution in [-0.2, 0) is 10.8 Å². The SMILES string of the molecule is Cc1ccnc(-n2c3ccc(C(C)(C)C)cc3c3ccc(Oc4cc(-n5nc(C)c(-c6ccccc6)c5C)cc(C(C)(C)C)c4)cc32)c1. The van der Waals surface area contributed by atoms with Gasteiger partial charge < -0.3 is 4.74 Å². The summed E-state index contributed by atoms with van der Waals surface area (Å²) >= 11 is 0. The van der Waals surface area contributed by atoms with Gasteiger partial charge in [0, 0.05) is 40.4 Å². The van der Waals surface area contributed by atoms with Gasteiger partial charge in [-0.15, -0.1) is 0 Å². The highest BCUT2D eigenvalue weighted by Gasteiger charge is 2.22. The highest BCUT2D eigenvalue weighted by molar-refractivity contribution is 6.09. The van der Waals surface area contributed by atoms with Crippen molar-refractivity contribution in [3.8, 4) is 34.1 Å². The molecule has 0 fully saturated rings. The lowest BCUT2D eigenvalue weighted by Crippen LogP contribution is -2.12. The second kappa shape index (κ2) is 11.5. The molecule has 5 nitrogen and oxygen atoms in total. The Balaban J connectivity index is 1.37. The van der Waals surface area contributed by atoms with Gasteiger partial charge in [0.15, 0.2) is 0 Å². The molecule has 0 bridgehead atoms. The monoisotopic (exact) mass is 632 g/mol. The predicted molar refractivity (Wildman–Crippen MR) is 199 cm³/mol. The molecule has 48 heavy (non-hydrogen) atoms. The van der Waals surface area contributed by atoms with Crippen LogP contribution in [0.5, 0.6) is 11.5 Å². The molecule has 242 valence electrons. The fraction of sp³-hybridized carbons (Fsp3) is 0.256. The number of fused-ring (bicyclic) bond motifs is 3. The second-order valence-electron chi connectivity index (χ2n) is 15.1. The van der Waals surface area contributed by atoms with Gasteiger partial charge in [-0.25, -0.2) is 9.67 Å². The number of ether oxygens (including phenoxy) is 1. The van der Waals surface area contributed by atoms with Crippen molar-refractivity contribution in [3.63, 3.8) is 0 Å². The van der Waals surface area contributed by atoms with E-state index in [1.807, 2.05) is 18.3 Å². The smallest absolute Gasteiger partial charge is 0.137 e. The molecule has 0 spiro atoms. The maximum atomic E-state index is 6.76. The minimum Gasteiger partial charge on any atom is -0.457 e. The summed E-state index contributed by atoms with van der Waals surface area (Å²) < 4.78 is 11.1. The molecule has 0 amide bonds. The van der Waals surface area contributed by atoms with Crippen LogP contribution in [0.1, 0.15) is 69.6 Å². The number of benzene rings is 4. The number of hydrogen-bond donors (Lipinski definition) is 0. The minimum absolute atomic E-state index is 0.0381. The molecule has 0 atom stereocenters. The lowest BCUT2D eigenvalue weighted by Gasteiger charge is -2.22. The van der Waals surface area contributed by atoms with Crippen LogP contribution >= 0.6 is 0 Å². The van der Waals surface area contributed by atoms with Crippen LogP contribution in [0.15, 0.2) is 103 Å². The van der Waals surface area contributed by atoms with Gasteiger partial charge in [0.2, 0.25) is 0 Å². The van der Waals surface area contributed by atoms with Crippen molar-refractivity contribution in [2.24, 2.45) is 0 Å². The molecule has 0 N–H and O–H groups in total. The molecule has 0 unspecified atom stereocenters. The van der Waals surface area contributed by atoms with Crippen molar-refractivity contribution < 1.29 is 4.74 Å². The van der Waals surface area contributed by atoms with Crippen molar-refractivity contribution in [2.75, 3.05) is 0 Å². The van der Waals surface area contributed by atoms with Crippen molar-refractivity contribution >= 4 is 21.8 Å². The van der Waals surface area contributed by atoms with E-state index in [4.69, 9.17) is 14.8 Å². The molecule has 4 aromatic carbocycles. The molecule has 7 rings (SSSR count). The molecule has 0 aliphatic heterocycles. The first-order chi connectivity index (χ1) is 22.8. The number of aryl methyl sites for hydroxylation is 2. The standard InChI is InChI=1S/C43H44N4O/c1-27-19-20-44-40(21-27)46-38-18-15-31(42(4,5)6)24-37(38)36-17-16-34(26-39(36)46)48-35-23-32(43(7,8)9)22-33(25-35)47-29(3)41(28(2)45-47)30-13-11-10-12-14-30/h10-26H,1-9H3. The van der Waals surface area contributed by atoms with Crippen LogP contribution in [0.3, 0.4) is 0 Å². The van der Waals surface area contributed by atoms with Gasteiger partial charge in [-0.05, 0) is 102 Å². The summed E-state index contributed by atoms with van der Waals surface area (Å²) in [6.45, 7) is 19.8. The molecular formula is C43H44N4O. The van der Waals surface area contributed by atoms with Crippen LogP contribution in [0, 0.1) is 20.8 Å². The molecule has 5 heteroatoms. The minimum atomic E-state index is -0.0928. The van der Waals surface area contributed by atoms with E-state index in [1.54, 1.807) is 0 Å². The maximum absolute atomic E-state index is 6.76. The highest BCUT2D eigenvalue weighted by atomic mass is 16.5. The average Bonchev–Trinajstić information content (AvgIpc) is 3.52. The second-order valence-corrected chi connectivity index (χ2v) is 15.1. The van der Waals surface area contributed by atoms with E-state index in [0.29, 0.717) is 0 Å². The van der Waals surface area contributed by atoms with E-state index >= 15 is 0 Å². The third-order valence-electron chi connectivity index (χ3n) is 9.33. The van der Waals surface area contributed by atoms with Crippen molar-refractivity contribution in [1.82, 2.24) is 19.3 Å². The summed E-state index contributed by atoms with van der Waals surface area (Å²) in [6.07, 6.45) is 1.88. The first kappa shape index (κ1) is 31.4. The molecular weight excluding hydrogens is 589 g/mol. The molecule has 0 saturated carbocycles. The zero-order valence-electron chi connectivity index (χ0n) is 29.5. The zero-order chi connectivity index (χ0) is 34.0. The van der Waals surface area contributed by atoms with Gasteiger partial charge in [-0.2, -0.15) is 5.10 Å². The zero-order valence-corrected chi connectivity index (χ0v) is 29.5. The maximum Gasteiger partial charge on any atom is 0.137 e. The Bertz CT molecular complexity index is 2310. The summed E-state index contributed by atoms with van der Waals surface area (Å²) in [6, 6.07) is 34.4. The Labute approximate surface area is 283 Å². The van der Waals surface area contributed by atoms with Crippen LogP contribution in [0.2, 0.25) is 0 Å². The topological polar surface area (TPSA) is 44.9 Å². The molecule has 3 aromatic heterocycles. The molecule has 0 aliphatic carbocycles. The van der Waals surface area contributed by atoms with Crippen LogP contribution in [-0.4, -0.2) is 19.3 Å². The lowest BCUT2D eigenvalue weighted by molar-refractivity contribution is 0.478. The van der Waals surface area contributed by atoms with E-state index in [2.05, 4.69) is 156 Å². The van der Waals surface area contributed by atoms with Crippen molar-refractivity contribution in [1.29, 1.82) is 0 Å². The van der Waals surface area contributed by atoms with Crippen LogP contribution < -0.4 is 4.74 Å². The van der Waals surface area contributed by atoms with Gasteiger partial charge in [-0.1, -0.05) is 77.9 Å². The fourth-order valence-corrected chi connectivity index (χ4v) is 6.67. The van der Waals surface area contributed by atoms with Gasteiger partial charge >= 0.3 is 0 Å². The summed E-state index contributed by atoms with van der Waals surface area (Å²) in [7, 11) is 0. The first-order valence-electron chi connectivity index (χ1n) is 16.7. The molecule has 7 aromatic rings. The summed E-state index contributed by atoms with van der Waals surface area (Å²) in [5, 5.41) is 7.40. The van der Waals surface area contributed by atoms with E-state index in [-0.39, 0.29) is 10.8 Å². The Morgan fingerprint density at radius 2 is 1.38 bits per heavy atom. The number of hydrogen-bond acceptors (Lipinski definition) is 3. The average molecular weight is 633 g/mol. The van der Waals surface area contributed by atoms with E-state index in [9.17, 15) is 0 Å².